The van der Waals surface area contributed by atoms with Crippen molar-refractivity contribution in [2.75, 3.05) is 39.8 Å². The molecule has 0 radical (unpaired) electrons. The van der Waals surface area contributed by atoms with E-state index in [1.165, 1.54) is 38.2 Å². The molecule has 1 saturated heterocycles. The summed E-state index contributed by atoms with van der Waals surface area (Å²) < 4.78 is 2.08. The van der Waals surface area contributed by atoms with E-state index >= 15 is 0 Å². The van der Waals surface area contributed by atoms with Gasteiger partial charge in [-0.3, -0.25) is 9.67 Å². The standard InChI is InChI=1S/C18H34N6/c1-5-9-23-11-7-17(14-23)13-21-18(19-4)20-8-6-10-24-16(3)12-15(2)22-24/h12,17H,5-11,13-14H2,1-4H3,(H2,19,20,21). The smallest absolute Gasteiger partial charge is 0.190 e. The molecule has 1 atom stereocenters. The van der Waals surface area contributed by atoms with Gasteiger partial charge in [0.1, 0.15) is 0 Å². The van der Waals surface area contributed by atoms with Crippen LogP contribution in [0.15, 0.2) is 11.1 Å². The van der Waals surface area contributed by atoms with Crippen LogP contribution in [0.1, 0.15) is 37.6 Å². The second kappa shape index (κ2) is 9.67. The molecule has 1 aliphatic heterocycles. The first-order valence-electron chi connectivity index (χ1n) is 9.30. The zero-order chi connectivity index (χ0) is 17.4. The van der Waals surface area contributed by atoms with Crippen LogP contribution in [0.4, 0.5) is 0 Å². The average Bonchev–Trinajstić information content (AvgIpc) is 3.13. The summed E-state index contributed by atoms with van der Waals surface area (Å²) in [6, 6.07) is 2.12. The van der Waals surface area contributed by atoms with E-state index in [1.807, 2.05) is 14.0 Å². The van der Waals surface area contributed by atoms with E-state index in [0.29, 0.717) is 0 Å². The van der Waals surface area contributed by atoms with Crippen molar-refractivity contribution in [3.63, 3.8) is 0 Å². The van der Waals surface area contributed by atoms with E-state index in [-0.39, 0.29) is 0 Å². The van der Waals surface area contributed by atoms with Crippen molar-refractivity contribution >= 4 is 5.96 Å². The number of rotatable bonds is 8. The number of guanidine groups is 1. The van der Waals surface area contributed by atoms with E-state index in [0.717, 1.165) is 43.6 Å². The van der Waals surface area contributed by atoms with Gasteiger partial charge in [0, 0.05) is 38.9 Å². The molecular formula is C18H34N6. The lowest BCUT2D eigenvalue weighted by Gasteiger charge is -2.17. The largest absolute Gasteiger partial charge is 0.356 e. The van der Waals surface area contributed by atoms with Crippen LogP contribution in [0.25, 0.3) is 0 Å². The van der Waals surface area contributed by atoms with E-state index in [2.05, 4.69) is 50.2 Å². The first-order valence-corrected chi connectivity index (χ1v) is 9.30. The van der Waals surface area contributed by atoms with Crippen molar-refractivity contribution < 1.29 is 0 Å². The van der Waals surface area contributed by atoms with Gasteiger partial charge in [0.05, 0.1) is 5.69 Å². The van der Waals surface area contributed by atoms with Gasteiger partial charge >= 0.3 is 0 Å². The highest BCUT2D eigenvalue weighted by Gasteiger charge is 2.21. The normalized spacial score (nSPS) is 19.0. The van der Waals surface area contributed by atoms with Crippen LogP contribution in [0, 0.1) is 19.8 Å². The Balaban J connectivity index is 1.61. The number of aliphatic imine (C=N–C) groups is 1. The maximum Gasteiger partial charge on any atom is 0.190 e. The third-order valence-electron chi connectivity index (χ3n) is 4.63. The molecule has 0 bridgehead atoms. The van der Waals surface area contributed by atoms with Crippen molar-refractivity contribution in [1.29, 1.82) is 0 Å². The van der Waals surface area contributed by atoms with Crippen molar-refractivity contribution in [2.24, 2.45) is 10.9 Å². The predicted molar refractivity (Wildman–Crippen MR) is 101 cm³/mol. The van der Waals surface area contributed by atoms with Crippen molar-refractivity contribution in [2.45, 2.75) is 46.6 Å². The van der Waals surface area contributed by atoms with E-state index in [9.17, 15) is 0 Å². The van der Waals surface area contributed by atoms with Gasteiger partial charge < -0.3 is 15.5 Å². The minimum Gasteiger partial charge on any atom is -0.356 e. The highest BCUT2D eigenvalue weighted by Crippen LogP contribution is 2.15. The number of nitrogens with zero attached hydrogens (tertiary/aromatic N) is 4. The first kappa shape index (κ1) is 18.8. The Hall–Kier alpha value is -1.56. The van der Waals surface area contributed by atoms with Crippen LogP contribution in [0.3, 0.4) is 0 Å². The van der Waals surface area contributed by atoms with E-state index < -0.39 is 0 Å². The summed E-state index contributed by atoms with van der Waals surface area (Å²) in [6.45, 7) is 13.0. The Morgan fingerprint density at radius 1 is 1.33 bits per heavy atom. The van der Waals surface area contributed by atoms with Gasteiger partial charge in [-0.25, -0.2) is 0 Å². The second-order valence-corrected chi connectivity index (χ2v) is 6.84. The van der Waals surface area contributed by atoms with Gasteiger partial charge in [0.2, 0.25) is 0 Å². The van der Waals surface area contributed by atoms with Crippen LogP contribution >= 0.6 is 0 Å². The molecule has 2 rings (SSSR count). The van der Waals surface area contributed by atoms with E-state index in [1.54, 1.807) is 0 Å². The fraction of sp³-hybridized carbons (Fsp3) is 0.778. The lowest BCUT2D eigenvalue weighted by atomic mass is 10.1. The van der Waals surface area contributed by atoms with Gasteiger partial charge in [-0.05, 0) is 58.2 Å². The third-order valence-corrected chi connectivity index (χ3v) is 4.63. The van der Waals surface area contributed by atoms with Crippen LogP contribution in [0.5, 0.6) is 0 Å². The molecule has 24 heavy (non-hydrogen) atoms. The molecule has 1 aromatic heterocycles. The zero-order valence-corrected chi connectivity index (χ0v) is 15.8. The lowest BCUT2D eigenvalue weighted by Crippen LogP contribution is -2.40. The highest BCUT2D eigenvalue weighted by molar-refractivity contribution is 5.79. The topological polar surface area (TPSA) is 57.5 Å². The number of hydrogen-bond acceptors (Lipinski definition) is 3. The summed E-state index contributed by atoms with van der Waals surface area (Å²) >= 11 is 0. The molecule has 1 unspecified atom stereocenters. The predicted octanol–water partition coefficient (Wildman–Crippen LogP) is 1.79. The van der Waals surface area contributed by atoms with Crippen molar-refractivity contribution in [3.05, 3.63) is 17.5 Å². The maximum absolute atomic E-state index is 4.50. The minimum atomic E-state index is 0.741. The number of aromatic nitrogens is 2. The second-order valence-electron chi connectivity index (χ2n) is 6.84. The molecule has 0 spiro atoms. The van der Waals surface area contributed by atoms with Crippen LogP contribution in [-0.4, -0.2) is 60.4 Å². The molecule has 0 amide bonds. The molecule has 1 fully saturated rings. The zero-order valence-electron chi connectivity index (χ0n) is 15.8. The first-order chi connectivity index (χ1) is 11.6. The highest BCUT2D eigenvalue weighted by atomic mass is 15.3. The number of hydrogen-bond donors (Lipinski definition) is 2. The van der Waals surface area contributed by atoms with Gasteiger partial charge in [-0.1, -0.05) is 6.92 Å². The molecule has 6 nitrogen and oxygen atoms in total. The Bertz CT molecular complexity index is 522. The van der Waals surface area contributed by atoms with Gasteiger partial charge in [0.15, 0.2) is 5.96 Å². The Morgan fingerprint density at radius 3 is 2.83 bits per heavy atom. The Kier molecular flexibility index (Phi) is 7.56. The molecule has 6 heteroatoms. The summed E-state index contributed by atoms with van der Waals surface area (Å²) in [5.74, 6) is 1.65. The Labute approximate surface area is 146 Å². The summed E-state index contributed by atoms with van der Waals surface area (Å²) in [4.78, 5) is 6.90. The summed E-state index contributed by atoms with van der Waals surface area (Å²) in [6.07, 6.45) is 3.58. The van der Waals surface area contributed by atoms with Gasteiger partial charge in [-0.2, -0.15) is 5.10 Å². The lowest BCUT2D eigenvalue weighted by molar-refractivity contribution is 0.324. The molecule has 1 aromatic rings. The maximum atomic E-state index is 4.50. The van der Waals surface area contributed by atoms with Crippen molar-refractivity contribution in [3.8, 4) is 0 Å². The molecule has 2 N–H and O–H groups in total. The fourth-order valence-electron chi connectivity index (χ4n) is 3.40. The summed E-state index contributed by atoms with van der Waals surface area (Å²) in [7, 11) is 1.84. The summed E-state index contributed by atoms with van der Waals surface area (Å²) in [5.41, 5.74) is 2.32. The molecule has 136 valence electrons. The fourth-order valence-corrected chi connectivity index (χ4v) is 3.40. The minimum absolute atomic E-state index is 0.741. The van der Waals surface area contributed by atoms with Gasteiger partial charge in [-0.15, -0.1) is 0 Å². The number of aryl methyl sites for hydroxylation is 3. The quantitative estimate of drug-likeness (QED) is 0.432. The molecule has 0 aliphatic carbocycles. The van der Waals surface area contributed by atoms with Crippen LogP contribution < -0.4 is 10.6 Å². The van der Waals surface area contributed by atoms with Gasteiger partial charge in [0.25, 0.3) is 0 Å². The number of likely N-dealkylation sites (tertiary alicyclic amines) is 1. The van der Waals surface area contributed by atoms with Crippen molar-refractivity contribution in [1.82, 2.24) is 25.3 Å². The van der Waals surface area contributed by atoms with E-state index in [4.69, 9.17) is 0 Å². The molecule has 2 heterocycles. The monoisotopic (exact) mass is 334 g/mol. The average molecular weight is 335 g/mol. The van der Waals surface area contributed by atoms with Crippen LogP contribution in [0.2, 0.25) is 0 Å². The van der Waals surface area contributed by atoms with Crippen LogP contribution in [-0.2, 0) is 6.54 Å². The molecule has 0 aromatic carbocycles. The third kappa shape index (κ3) is 5.82. The molecule has 1 aliphatic rings. The molecular weight excluding hydrogens is 300 g/mol. The molecule has 0 saturated carbocycles. The summed E-state index contributed by atoms with van der Waals surface area (Å²) in [5, 5.41) is 11.4. The Morgan fingerprint density at radius 2 is 2.17 bits per heavy atom. The number of nitrogens with one attached hydrogen (secondary N) is 2. The SMILES string of the molecule is CCCN1CCC(CNC(=NC)NCCCn2nc(C)cc2C)C1.